The van der Waals surface area contributed by atoms with Gasteiger partial charge in [-0.2, -0.15) is 0 Å². The van der Waals surface area contributed by atoms with Crippen LogP contribution < -0.4 is 10.1 Å². The number of aromatic nitrogens is 1. The number of nitrogens with one attached hydrogen (secondary N) is 1. The number of ether oxygens (including phenoxy) is 1. The average molecular weight is 381 g/mol. The monoisotopic (exact) mass is 381 g/mol. The zero-order valence-electron chi connectivity index (χ0n) is 15.0. The van der Waals surface area contributed by atoms with Crippen molar-refractivity contribution in [2.75, 3.05) is 26.0 Å². The molecule has 0 aliphatic rings. The molecule has 3 rings (SSSR count). The summed E-state index contributed by atoms with van der Waals surface area (Å²) >= 11 is 1.40. The highest BCUT2D eigenvalue weighted by Crippen LogP contribution is 2.23. The zero-order valence-corrected chi connectivity index (χ0v) is 15.8. The Labute approximate surface area is 161 Å². The van der Waals surface area contributed by atoms with Crippen molar-refractivity contribution in [1.29, 1.82) is 0 Å². The highest BCUT2D eigenvalue weighted by molar-refractivity contribution is 7.13. The number of nitrogens with zero attached hydrogens (tertiary/aromatic N) is 2. The highest BCUT2D eigenvalue weighted by Gasteiger charge is 2.18. The van der Waals surface area contributed by atoms with Crippen LogP contribution in [0.15, 0.2) is 60.0 Å². The molecule has 27 heavy (non-hydrogen) atoms. The van der Waals surface area contributed by atoms with Crippen LogP contribution in [0, 0.1) is 0 Å². The van der Waals surface area contributed by atoms with Crippen LogP contribution in [0.1, 0.15) is 10.5 Å². The van der Waals surface area contributed by atoms with Crippen LogP contribution in [0.3, 0.4) is 0 Å². The first-order valence-corrected chi connectivity index (χ1v) is 9.15. The lowest BCUT2D eigenvalue weighted by Gasteiger charge is -2.15. The second kappa shape index (κ2) is 8.46. The number of rotatable bonds is 6. The molecule has 7 heteroatoms. The lowest BCUT2D eigenvalue weighted by atomic mass is 10.2. The zero-order chi connectivity index (χ0) is 19.2. The third-order valence-corrected chi connectivity index (χ3v) is 4.74. The van der Waals surface area contributed by atoms with Crippen molar-refractivity contribution in [2.45, 2.75) is 0 Å². The van der Waals surface area contributed by atoms with E-state index in [0.29, 0.717) is 17.1 Å². The first kappa shape index (κ1) is 18.6. The minimum Gasteiger partial charge on any atom is -0.497 e. The summed E-state index contributed by atoms with van der Waals surface area (Å²) in [5, 5.41) is 5.24. The molecule has 0 saturated carbocycles. The number of anilines is 1. The molecular weight excluding hydrogens is 362 g/mol. The van der Waals surface area contributed by atoms with Crippen LogP contribution in [0.4, 0.5) is 5.69 Å². The number of carbonyl (C=O) groups excluding carboxylic acids is 2. The second-order valence-corrected chi connectivity index (χ2v) is 6.70. The van der Waals surface area contributed by atoms with Crippen molar-refractivity contribution in [3.8, 4) is 16.3 Å². The predicted molar refractivity (Wildman–Crippen MR) is 106 cm³/mol. The third kappa shape index (κ3) is 4.71. The SMILES string of the molecule is COc1ccc(NC(=O)CN(C)C(=O)c2csc(-c3ccccc3)n2)cc1. The fraction of sp³-hybridized carbons (Fsp3) is 0.150. The molecule has 0 atom stereocenters. The van der Waals surface area contributed by atoms with Crippen LogP contribution in [-0.2, 0) is 4.79 Å². The van der Waals surface area contributed by atoms with Gasteiger partial charge in [-0.15, -0.1) is 11.3 Å². The second-order valence-electron chi connectivity index (χ2n) is 5.84. The maximum atomic E-state index is 12.5. The van der Waals surface area contributed by atoms with E-state index < -0.39 is 0 Å². The van der Waals surface area contributed by atoms with Crippen molar-refractivity contribution in [3.63, 3.8) is 0 Å². The molecular formula is C20H19N3O3S. The van der Waals surface area contributed by atoms with Crippen molar-refractivity contribution in [2.24, 2.45) is 0 Å². The van der Waals surface area contributed by atoms with E-state index in [1.54, 1.807) is 43.8 Å². The molecule has 2 aromatic carbocycles. The van der Waals surface area contributed by atoms with Crippen molar-refractivity contribution < 1.29 is 14.3 Å². The Balaban J connectivity index is 1.60. The van der Waals surface area contributed by atoms with Gasteiger partial charge in [-0.05, 0) is 24.3 Å². The lowest BCUT2D eigenvalue weighted by Crippen LogP contribution is -2.35. The summed E-state index contributed by atoms with van der Waals surface area (Å²) in [7, 11) is 3.16. The fourth-order valence-electron chi connectivity index (χ4n) is 2.44. The van der Waals surface area contributed by atoms with Crippen LogP contribution in [0.5, 0.6) is 5.75 Å². The number of hydrogen-bond acceptors (Lipinski definition) is 5. The molecule has 3 aromatic rings. The van der Waals surface area contributed by atoms with Crippen molar-refractivity contribution >= 4 is 28.8 Å². The number of carbonyl (C=O) groups is 2. The number of benzene rings is 2. The topological polar surface area (TPSA) is 71.5 Å². The smallest absolute Gasteiger partial charge is 0.273 e. The van der Waals surface area contributed by atoms with Gasteiger partial charge in [-0.1, -0.05) is 30.3 Å². The quantitative estimate of drug-likeness (QED) is 0.709. The van der Waals surface area contributed by atoms with Crippen molar-refractivity contribution in [3.05, 3.63) is 65.7 Å². The maximum Gasteiger partial charge on any atom is 0.273 e. The summed E-state index contributed by atoms with van der Waals surface area (Å²) in [6.07, 6.45) is 0. The largest absolute Gasteiger partial charge is 0.497 e. The number of likely N-dealkylation sites (N-methyl/N-ethyl adjacent to an activating group) is 1. The Morgan fingerprint density at radius 3 is 2.48 bits per heavy atom. The molecule has 0 radical (unpaired) electrons. The van der Waals surface area contributed by atoms with Crippen LogP contribution in [-0.4, -0.2) is 42.4 Å². The Kier molecular flexibility index (Phi) is 5.83. The van der Waals surface area contributed by atoms with E-state index in [-0.39, 0.29) is 18.4 Å². The first-order valence-electron chi connectivity index (χ1n) is 8.27. The highest BCUT2D eigenvalue weighted by atomic mass is 32.1. The van der Waals surface area contributed by atoms with Crippen LogP contribution in [0.2, 0.25) is 0 Å². The van der Waals surface area contributed by atoms with Crippen LogP contribution in [0.25, 0.3) is 10.6 Å². The third-order valence-electron chi connectivity index (χ3n) is 3.85. The molecule has 0 aliphatic heterocycles. The minimum absolute atomic E-state index is 0.0664. The average Bonchev–Trinajstić information content (AvgIpc) is 3.18. The Bertz CT molecular complexity index is 923. The Hall–Kier alpha value is -3.19. The predicted octanol–water partition coefficient (Wildman–Crippen LogP) is 3.53. The summed E-state index contributed by atoms with van der Waals surface area (Å²) in [6.45, 7) is -0.0664. The molecule has 6 nitrogen and oxygen atoms in total. The number of hydrogen-bond donors (Lipinski definition) is 1. The van der Waals surface area contributed by atoms with Gasteiger partial charge in [0.15, 0.2) is 0 Å². The van der Waals surface area contributed by atoms with Gasteiger partial charge in [0.05, 0.1) is 13.7 Å². The van der Waals surface area contributed by atoms with Gasteiger partial charge in [-0.25, -0.2) is 4.98 Å². The number of thiazole rings is 1. The first-order chi connectivity index (χ1) is 13.1. The van der Waals surface area contributed by atoms with E-state index in [4.69, 9.17) is 4.74 Å². The summed E-state index contributed by atoms with van der Waals surface area (Å²) in [6, 6.07) is 16.7. The molecule has 1 heterocycles. The van der Waals surface area contributed by atoms with Gasteiger partial charge in [0.2, 0.25) is 5.91 Å². The molecule has 0 spiro atoms. The van der Waals surface area contributed by atoms with Gasteiger partial charge in [0.25, 0.3) is 5.91 Å². The van der Waals surface area contributed by atoms with E-state index >= 15 is 0 Å². The standard InChI is InChI=1S/C20H19N3O3S/c1-23(12-18(24)21-15-8-10-16(26-2)11-9-15)20(25)17-13-27-19(22-17)14-6-4-3-5-7-14/h3-11,13H,12H2,1-2H3,(H,21,24). The van der Waals surface area contributed by atoms with E-state index in [2.05, 4.69) is 10.3 Å². The molecule has 0 fully saturated rings. The van der Waals surface area contributed by atoms with Gasteiger partial charge in [0, 0.05) is 23.7 Å². The summed E-state index contributed by atoms with van der Waals surface area (Å²) in [4.78, 5) is 30.5. The summed E-state index contributed by atoms with van der Waals surface area (Å²) in [5.41, 5.74) is 1.93. The number of amides is 2. The molecule has 2 amide bonds. The normalized spacial score (nSPS) is 10.3. The van der Waals surface area contributed by atoms with Crippen LogP contribution >= 0.6 is 11.3 Å². The minimum atomic E-state index is -0.293. The molecule has 1 aromatic heterocycles. The van der Waals surface area contributed by atoms with Gasteiger partial charge < -0.3 is 15.0 Å². The maximum absolute atomic E-state index is 12.5. The lowest BCUT2D eigenvalue weighted by molar-refractivity contribution is -0.116. The summed E-state index contributed by atoms with van der Waals surface area (Å²) < 4.78 is 5.08. The van der Waals surface area contributed by atoms with Gasteiger partial charge in [-0.3, -0.25) is 9.59 Å². The molecule has 0 unspecified atom stereocenters. The fourth-order valence-corrected chi connectivity index (χ4v) is 3.24. The van der Waals surface area contributed by atoms with Crippen molar-refractivity contribution in [1.82, 2.24) is 9.88 Å². The van der Waals surface area contributed by atoms with E-state index in [1.165, 1.54) is 16.2 Å². The molecule has 1 N–H and O–H groups in total. The molecule has 0 saturated heterocycles. The Morgan fingerprint density at radius 2 is 1.81 bits per heavy atom. The molecule has 0 bridgehead atoms. The van der Waals surface area contributed by atoms with E-state index in [1.807, 2.05) is 30.3 Å². The Morgan fingerprint density at radius 1 is 1.11 bits per heavy atom. The summed E-state index contributed by atoms with van der Waals surface area (Å²) in [5.74, 6) is 0.130. The molecule has 0 aliphatic carbocycles. The van der Waals surface area contributed by atoms with E-state index in [9.17, 15) is 9.59 Å². The number of methoxy groups -OCH3 is 1. The van der Waals surface area contributed by atoms with Gasteiger partial charge in [0.1, 0.15) is 16.5 Å². The molecule has 138 valence electrons. The van der Waals surface area contributed by atoms with Gasteiger partial charge >= 0.3 is 0 Å². The van der Waals surface area contributed by atoms with E-state index in [0.717, 1.165) is 10.6 Å².